The minimum atomic E-state index is -0.115. The molecule has 0 spiro atoms. The van der Waals surface area contributed by atoms with Crippen LogP contribution in [0, 0.1) is 0 Å². The Hall–Kier alpha value is -0.380. The van der Waals surface area contributed by atoms with Crippen LogP contribution in [0.4, 0.5) is 0 Å². The molecule has 0 unspecified atom stereocenters. The highest BCUT2D eigenvalue weighted by Gasteiger charge is 2.35. The van der Waals surface area contributed by atoms with E-state index in [4.69, 9.17) is 5.73 Å². The quantitative estimate of drug-likeness (QED) is 0.900. The van der Waals surface area contributed by atoms with E-state index < -0.39 is 0 Å². The van der Waals surface area contributed by atoms with Crippen molar-refractivity contribution in [2.24, 2.45) is 5.73 Å². The molecule has 19 heavy (non-hydrogen) atoms. The van der Waals surface area contributed by atoms with E-state index in [-0.39, 0.29) is 5.54 Å². The van der Waals surface area contributed by atoms with E-state index in [1.165, 1.54) is 31.2 Å². The predicted octanol–water partition coefficient (Wildman–Crippen LogP) is 3.64. The van der Waals surface area contributed by atoms with Crippen LogP contribution < -0.4 is 5.73 Å². The van der Waals surface area contributed by atoms with Gasteiger partial charge in [0.2, 0.25) is 0 Å². The maximum Gasteiger partial charge on any atom is 0.0434 e. The van der Waals surface area contributed by atoms with E-state index in [0.29, 0.717) is 0 Å². The molecule has 3 heteroatoms. The number of hydrogen-bond donors (Lipinski definition) is 1. The van der Waals surface area contributed by atoms with Crippen LogP contribution in [0.5, 0.6) is 0 Å². The third kappa shape index (κ3) is 2.88. The monoisotopic (exact) mass is 322 g/mol. The molecule has 2 aliphatic rings. The fourth-order valence-corrected chi connectivity index (χ4v) is 3.89. The number of likely N-dealkylation sites (tertiary alicyclic amines) is 1. The van der Waals surface area contributed by atoms with E-state index in [0.717, 1.165) is 36.4 Å². The lowest BCUT2D eigenvalue weighted by molar-refractivity contribution is 0.118. The molecular formula is C16H23BrN2. The van der Waals surface area contributed by atoms with Crippen LogP contribution in [-0.4, -0.2) is 24.0 Å². The van der Waals surface area contributed by atoms with Crippen LogP contribution >= 0.6 is 15.9 Å². The molecule has 1 saturated carbocycles. The van der Waals surface area contributed by atoms with Crippen LogP contribution in [0.25, 0.3) is 0 Å². The maximum absolute atomic E-state index is 6.65. The number of hydrogen-bond acceptors (Lipinski definition) is 2. The molecule has 1 heterocycles. The zero-order chi connectivity index (χ0) is 13.3. The standard InChI is InChI=1S/C16H23BrN2/c17-14-7-5-13(6-8-14)16(18)9-11-19(12-10-16)15-3-1-2-4-15/h5-8,15H,1-4,9-12,18H2. The molecule has 104 valence electrons. The van der Waals surface area contributed by atoms with Crippen molar-refractivity contribution in [2.45, 2.75) is 50.1 Å². The lowest BCUT2D eigenvalue weighted by atomic mass is 9.81. The van der Waals surface area contributed by atoms with Gasteiger partial charge in [0.15, 0.2) is 0 Å². The number of piperidine rings is 1. The van der Waals surface area contributed by atoms with Gasteiger partial charge in [0.1, 0.15) is 0 Å². The summed E-state index contributed by atoms with van der Waals surface area (Å²) in [7, 11) is 0. The molecule has 1 aliphatic heterocycles. The summed E-state index contributed by atoms with van der Waals surface area (Å²) in [5.74, 6) is 0. The lowest BCUT2D eigenvalue weighted by Gasteiger charge is -2.42. The van der Waals surface area contributed by atoms with Crippen LogP contribution in [0.1, 0.15) is 44.1 Å². The predicted molar refractivity (Wildman–Crippen MR) is 83.1 cm³/mol. The summed E-state index contributed by atoms with van der Waals surface area (Å²) < 4.78 is 1.13. The van der Waals surface area contributed by atoms with Crippen molar-refractivity contribution in [3.05, 3.63) is 34.3 Å². The SMILES string of the molecule is NC1(c2ccc(Br)cc2)CCN(C2CCCC2)CC1. The van der Waals surface area contributed by atoms with Crippen molar-refractivity contribution in [1.82, 2.24) is 4.90 Å². The third-order valence-corrected chi connectivity index (χ3v) is 5.48. The number of halogens is 1. The van der Waals surface area contributed by atoms with E-state index in [1.807, 2.05) is 0 Å². The van der Waals surface area contributed by atoms with Gasteiger partial charge in [0, 0.05) is 29.1 Å². The van der Waals surface area contributed by atoms with Crippen molar-refractivity contribution < 1.29 is 0 Å². The van der Waals surface area contributed by atoms with Gasteiger partial charge in [-0.3, -0.25) is 0 Å². The third-order valence-electron chi connectivity index (χ3n) is 4.95. The van der Waals surface area contributed by atoms with Gasteiger partial charge in [0.25, 0.3) is 0 Å². The number of nitrogens with two attached hydrogens (primary N) is 1. The van der Waals surface area contributed by atoms with Gasteiger partial charge in [-0.25, -0.2) is 0 Å². The largest absolute Gasteiger partial charge is 0.321 e. The molecule has 1 aromatic carbocycles. The topological polar surface area (TPSA) is 29.3 Å². The molecule has 0 radical (unpaired) electrons. The number of rotatable bonds is 2. The van der Waals surface area contributed by atoms with Gasteiger partial charge in [-0.05, 0) is 43.4 Å². The Bertz CT molecular complexity index is 415. The van der Waals surface area contributed by atoms with Crippen molar-refractivity contribution in [3.8, 4) is 0 Å². The van der Waals surface area contributed by atoms with E-state index in [1.54, 1.807) is 0 Å². The summed E-state index contributed by atoms with van der Waals surface area (Å²) in [4.78, 5) is 2.68. The number of nitrogens with zero attached hydrogens (tertiary/aromatic N) is 1. The van der Waals surface area contributed by atoms with Crippen molar-refractivity contribution in [1.29, 1.82) is 0 Å². The first-order valence-corrected chi connectivity index (χ1v) is 8.26. The normalized spacial score (nSPS) is 24.7. The molecule has 2 fully saturated rings. The highest BCUT2D eigenvalue weighted by Crippen LogP contribution is 2.34. The maximum atomic E-state index is 6.65. The van der Waals surface area contributed by atoms with Crippen LogP contribution in [0.2, 0.25) is 0 Å². The lowest BCUT2D eigenvalue weighted by Crippen LogP contribution is -2.50. The van der Waals surface area contributed by atoms with Crippen molar-refractivity contribution in [2.75, 3.05) is 13.1 Å². The fraction of sp³-hybridized carbons (Fsp3) is 0.625. The average molecular weight is 323 g/mol. The Morgan fingerprint density at radius 3 is 2.21 bits per heavy atom. The van der Waals surface area contributed by atoms with Gasteiger partial charge in [-0.1, -0.05) is 40.9 Å². The molecule has 0 amide bonds. The molecule has 0 aromatic heterocycles. The molecule has 1 aromatic rings. The first-order chi connectivity index (χ1) is 9.17. The minimum Gasteiger partial charge on any atom is -0.321 e. The van der Waals surface area contributed by atoms with Crippen molar-refractivity contribution in [3.63, 3.8) is 0 Å². The Kier molecular flexibility index (Phi) is 3.97. The van der Waals surface area contributed by atoms with Gasteiger partial charge >= 0.3 is 0 Å². The second-order valence-electron chi connectivity index (χ2n) is 6.14. The summed E-state index contributed by atoms with van der Waals surface area (Å²) in [5, 5.41) is 0. The highest BCUT2D eigenvalue weighted by molar-refractivity contribution is 9.10. The molecule has 1 saturated heterocycles. The molecule has 2 N–H and O–H groups in total. The zero-order valence-corrected chi connectivity index (χ0v) is 13.0. The smallest absolute Gasteiger partial charge is 0.0434 e. The van der Waals surface area contributed by atoms with E-state index in [2.05, 4.69) is 45.1 Å². The second-order valence-corrected chi connectivity index (χ2v) is 7.05. The molecule has 0 atom stereocenters. The highest BCUT2D eigenvalue weighted by atomic mass is 79.9. The first-order valence-electron chi connectivity index (χ1n) is 7.46. The summed E-state index contributed by atoms with van der Waals surface area (Å²) in [6.45, 7) is 2.33. The zero-order valence-electron chi connectivity index (χ0n) is 11.4. The average Bonchev–Trinajstić information content (AvgIpc) is 2.94. The Balaban J connectivity index is 1.66. The molecule has 2 nitrogen and oxygen atoms in total. The minimum absolute atomic E-state index is 0.115. The summed E-state index contributed by atoms with van der Waals surface area (Å²) >= 11 is 3.49. The molecule has 0 bridgehead atoms. The number of benzene rings is 1. The van der Waals surface area contributed by atoms with E-state index in [9.17, 15) is 0 Å². The van der Waals surface area contributed by atoms with Gasteiger partial charge in [-0.15, -0.1) is 0 Å². The molecule has 1 aliphatic carbocycles. The Morgan fingerprint density at radius 1 is 1.05 bits per heavy atom. The fourth-order valence-electron chi connectivity index (χ4n) is 3.63. The second kappa shape index (κ2) is 5.55. The Labute approximate surface area is 124 Å². The van der Waals surface area contributed by atoms with Gasteiger partial charge in [0.05, 0.1) is 0 Å². The molecular weight excluding hydrogens is 300 g/mol. The summed E-state index contributed by atoms with van der Waals surface area (Å²) in [6.07, 6.45) is 7.81. The molecule has 3 rings (SSSR count). The van der Waals surface area contributed by atoms with Crippen LogP contribution in [0.15, 0.2) is 28.7 Å². The van der Waals surface area contributed by atoms with Gasteiger partial charge in [-0.2, -0.15) is 0 Å². The summed E-state index contributed by atoms with van der Waals surface area (Å²) in [5.41, 5.74) is 7.83. The van der Waals surface area contributed by atoms with E-state index >= 15 is 0 Å². The van der Waals surface area contributed by atoms with Gasteiger partial charge < -0.3 is 10.6 Å². The van der Waals surface area contributed by atoms with Crippen LogP contribution in [-0.2, 0) is 5.54 Å². The Morgan fingerprint density at radius 2 is 1.63 bits per heavy atom. The van der Waals surface area contributed by atoms with Crippen LogP contribution in [0.3, 0.4) is 0 Å². The first kappa shape index (κ1) is 13.6. The van der Waals surface area contributed by atoms with Crippen molar-refractivity contribution >= 4 is 15.9 Å². The summed E-state index contributed by atoms with van der Waals surface area (Å²) in [6, 6.07) is 9.40.